The Morgan fingerprint density at radius 2 is 1.67 bits per heavy atom. The molecule has 3 heterocycles. The van der Waals surface area contributed by atoms with E-state index in [0.29, 0.717) is 12.5 Å². The molecule has 7 rings (SSSR count). The molecule has 2 aromatic carbocycles. The topological polar surface area (TPSA) is 85.0 Å². The van der Waals surface area contributed by atoms with Crippen LogP contribution in [-0.4, -0.2) is 31.1 Å². The largest absolute Gasteiger partial charge is 0.351 e. The summed E-state index contributed by atoms with van der Waals surface area (Å²) in [5.74, 6) is 0.776. The average Bonchev–Trinajstić information content (AvgIpc) is 3.64. The number of benzene rings is 2. The minimum atomic E-state index is -0.475. The number of aryl methyl sites for hydroxylation is 1. The number of nitrogens with zero attached hydrogens (tertiary/aromatic N) is 5. The maximum atomic E-state index is 14.0. The zero-order valence-electron chi connectivity index (χ0n) is 22.3. The Balaban J connectivity index is 1.12. The fourth-order valence-corrected chi connectivity index (χ4v) is 7.14. The van der Waals surface area contributed by atoms with E-state index in [1.807, 2.05) is 33.7 Å². The van der Waals surface area contributed by atoms with Crippen LogP contribution >= 0.6 is 0 Å². The number of hydrogen-bond donors (Lipinski definition) is 1. The van der Waals surface area contributed by atoms with E-state index >= 15 is 0 Å². The number of anilines is 2. The number of rotatable bonds is 5. The molecule has 2 saturated carbocycles. The number of hydrogen-bond acceptors (Lipinski definition) is 5. The van der Waals surface area contributed by atoms with Gasteiger partial charge in [-0.25, -0.2) is 9.78 Å². The van der Waals surface area contributed by atoms with Gasteiger partial charge in [-0.1, -0.05) is 61.4 Å². The number of carbonyl (C=O) groups is 1. The highest BCUT2D eigenvalue weighted by Crippen LogP contribution is 2.50. The third-order valence-corrected chi connectivity index (χ3v) is 9.24. The van der Waals surface area contributed by atoms with Gasteiger partial charge in [0.2, 0.25) is 11.9 Å². The van der Waals surface area contributed by atoms with Gasteiger partial charge in [0.05, 0.1) is 18.2 Å². The quantitative estimate of drug-likeness (QED) is 0.395. The summed E-state index contributed by atoms with van der Waals surface area (Å²) >= 11 is 0. The lowest BCUT2D eigenvalue weighted by molar-refractivity contribution is -0.124. The van der Waals surface area contributed by atoms with Crippen LogP contribution in [0.1, 0.15) is 68.5 Å². The summed E-state index contributed by atoms with van der Waals surface area (Å²) in [6.45, 7) is 0.591. The number of para-hydroxylation sites is 1. The van der Waals surface area contributed by atoms with Crippen molar-refractivity contribution in [2.24, 2.45) is 7.05 Å². The molecule has 0 radical (unpaired) electrons. The standard InChI is InChI=1S/C31H34N6O2/c1-35-26-19-32-29(34-27(26)37(30(35)39)23-11-5-6-12-23)33-22-15-17-31(18-16-22)24-13-7-8-14-25(24)36(28(31)38)20-21-9-3-2-4-10-21/h2-4,7-10,13-14,19,22-23H,5-6,11-12,15-18,20H2,1H3,(H,32,33,34). The first-order chi connectivity index (χ1) is 19.0. The van der Waals surface area contributed by atoms with Crippen molar-refractivity contribution in [1.29, 1.82) is 0 Å². The molecular weight excluding hydrogens is 488 g/mol. The van der Waals surface area contributed by atoms with Crippen LogP contribution in [-0.2, 0) is 23.8 Å². The van der Waals surface area contributed by atoms with Crippen LogP contribution in [0.2, 0.25) is 0 Å². The van der Waals surface area contributed by atoms with Gasteiger partial charge in [0.25, 0.3) is 0 Å². The second-order valence-corrected chi connectivity index (χ2v) is 11.4. The molecule has 0 bridgehead atoms. The molecule has 1 aliphatic heterocycles. The zero-order valence-corrected chi connectivity index (χ0v) is 22.3. The van der Waals surface area contributed by atoms with Crippen LogP contribution < -0.4 is 15.9 Å². The SMILES string of the molecule is Cn1c(=O)n(C2CCCC2)c2nc(NC3CCC4(CC3)C(=O)N(Cc3ccccc3)c3ccccc34)ncc21. The summed E-state index contributed by atoms with van der Waals surface area (Å²) < 4.78 is 3.53. The predicted octanol–water partition coefficient (Wildman–Crippen LogP) is 5.08. The number of fused-ring (bicyclic) bond motifs is 3. The van der Waals surface area contributed by atoms with Gasteiger partial charge < -0.3 is 10.2 Å². The van der Waals surface area contributed by atoms with Gasteiger partial charge in [-0.15, -0.1) is 0 Å². The van der Waals surface area contributed by atoms with E-state index < -0.39 is 5.41 Å². The third-order valence-electron chi connectivity index (χ3n) is 9.24. The number of aromatic nitrogens is 4. The highest BCUT2D eigenvalue weighted by Gasteiger charge is 2.52. The van der Waals surface area contributed by atoms with Crippen molar-refractivity contribution in [1.82, 2.24) is 19.1 Å². The molecule has 3 aliphatic rings. The summed E-state index contributed by atoms with van der Waals surface area (Å²) in [7, 11) is 1.80. The Hall–Kier alpha value is -3.94. The third kappa shape index (κ3) is 3.87. The van der Waals surface area contributed by atoms with Crippen molar-refractivity contribution in [2.75, 3.05) is 10.2 Å². The van der Waals surface area contributed by atoms with E-state index in [4.69, 9.17) is 4.98 Å². The smallest absolute Gasteiger partial charge is 0.330 e. The monoisotopic (exact) mass is 522 g/mol. The number of imidazole rings is 1. The number of amides is 1. The molecule has 2 fully saturated rings. The van der Waals surface area contributed by atoms with E-state index in [0.717, 1.165) is 79.3 Å². The first kappa shape index (κ1) is 24.1. The molecule has 2 aliphatic carbocycles. The van der Waals surface area contributed by atoms with E-state index in [2.05, 4.69) is 40.6 Å². The molecule has 1 spiro atoms. The molecule has 8 nitrogen and oxygen atoms in total. The van der Waals surface area contributed by atoms with E-state index in [1.54, 1.807) is 17.8 Å². The second-order valence-electron chi connectivity index (χ2n) is 11.4. The lowest BCUT2D eigenvalue weighted by Gasteiger charge is -2.36. The van der Waals surface area contributed by atoms with Crippen molar-refractivity contribution in [3.63, 3.8) is 0 Å². The van der Waals surface area contributed by atoms with Gasteiger partial charge in [-0.05, 0) is 55.7 Å². The molecular formula is C31H34N6O2. The Bertz CT molecular complexity index is 1590. The highest BCUT2D eigenvalue weighted by molar-refractivity contribution is 6.08. The molecule has 2 aromatic heterocycles. The Morgan fingerprint density at radius 1 is 0.949 bits per heavy atom. The maximum absolute atomic E-state index is 14.0. The van der Waals surface area contributed by atoms with Crippen molar-refractivity contribution < 1.29 is 4.79 Å². The molecule has 0 atom stereocenters. The zero-order chi connectivity index (χ0) is 26.6. The van der Waals surface area contributed by atoms with Gasteiger partial charge in [-0.3, -0.25) is 13.9 Å². The van der Waals surface area contributed by atoms with E-state index in [9.17, 15) is 9.59 Å². The van der Waals surface area contributed by atoms with Crippen molar-refractivity contribution in [3.05, 3.63) is 82.4 Å². The molecule has 0 saturated heterocycles. The average molecular weight is 523 g/mol. The van der Waals surface area contributed by atoms with Crippen LogP contribution in [0, 0.1) is 0 Å². The first-order valence-corrected chi connectivity index (χ1v) is 14.2. The minimum Gasteiger partial charge on any atom is -0.351 e. The van der Waals surface area contributed by atoms with Crippen LogP contribution in [0.4, 0.5) is 11.6 Å². The Morgan fingerprint density at radius 3 is 2.44 bits per heavy atom. The van der Waals surface area contributed by atoms with Crippen LogP contribution in [0.15, 0.2) is 65.6 Å². The molecule has 1 amide bonds. The molecule has 39 heavy (non-hydrogen) atoms. The maximum Gasteiger partial charge on any atom is 0.330 e. The van der Waals surface area contributed by atoms with Gasteiger partial charge >= 0.3 is 5.69 Å². The summed E-state index contributed by atoms with van der Waals surface area (Å²) in [6, 6.07) is 18.9. The van der Waals surface area contributed by atoms with Crippen LogP contribution in [0.3, 0.4) is 0 Å². The van der Waals surface area contributed by atoms with Crippen LogP contribution in [0.25, 0.3) is 11.2 Å². The summed E-state index contributed by atoms with van der Waals surface area (Å²) in [5.41, 5.74) is 4.34. The summed E-state index contributed by atoms with van der Waals surface area (Å²) in [4.78, 5) is 38.4. The first-order valence-electron chi connectivity index (χ1n) is 14.2. The van der Waals surface area contributed by atoms with Gasteiger partial charge in [0.15, 0.2) is 5.65 Å². The van der Waals surface area contributed by atoms with E-state index in [1.165, 1.54) is 0 Å². The molecule has 1 N–H and O–H groups in total. The fourth-order valence-electron chi connectivity index (χ4n) is 7.14. The highest BCUT2D eigenvalue weighted by atomic mass is 16.2. The summed E-state index contributed by atoms with van der Waals surface area (Å²) in [6.07, 6.45) is 9.38. The molecule has 8 heteroatoms. The number of nitrogens with one attached hydrogen (secondary N) is 1. The Kier molecular flexibility index (Phi) is 5.79. The summed E-state index contributed by atoms with van der Waals surface area (Å²) in [5, 5.41) is 3.54. The second kappa shape index (κ2) is 9.36. The van der Waals surface area contributed by atoms with Crippen molar-refractivity contribution >= 4 is 28.7 Å². The lowest BCUT2D eigenvalue weighted by atomic mass is 9.69. The van der Waals surface area contributed by atoms with Gasteiger partial charge in [-0.2, -0.15) is 4.98 Å². The molecule has 4 aromatic rings. The molecule has 200 valence electrons. The minimum absolute atomic E-state index is 0.0126. The van der Waals surface area contributed by atoms with E-state index in [-0.39, 0.29) is 23.7 Å². The lowest BCUT2D eigenvalue weighted by Crippen LogP contribution is -2.44. The van der Waals surface area contributed by atoms with Gasteiger partial charge in [0.1, 0.15) is 5.52 Å². The predicted molar refractivity (Wildman–Crippen MR) is 152 cm³/mol. The van der Waals surface area contributed by atoms with Gasteiger partial charge in [0, 0.05) is 24.8 Å². The van der Waals surface area contributed by atoms with Crippen molar-refractivity contribution in [3.8, 4) is 0 Å². The normalized spacial score (nSPS) is 23.2. The number of carbonyl (C=O) groups excluding carboxylic acids is 1. The Labute approximate surface area is 227 Å². The van der Waals surface area contributed by atoms with Crippen LogP contribution in [0.5, 0.6) is 0 Å². The molecule has 0 unspecified atom stereocenters. The van der Waals surface area contributed by atoms with Crippen molar-refractivity contribution in [2.45, 2.75) is 75.4 Å². The fraction of sp³-hybridized carbons (Fsp3) is 0.419.